The van der Waals surface area contributed by atoms with E-state index < -0.39 is 18.3 Å². The van der Waals surface area contributed by atoms with Crippen LogP contribution in [0.1, 0.15) is 6.42 Å². The number of aliphatic carboxylic acids is 1. The number of amides is 1. The molecule has 6 heteroatoms. The van der Waals surface area contributed by atoms with Gasteiger partial charge in [0.15, 0.2) is 11.5 Å². The van der Waals surface area contributed by atoms with Gasteiger partial charge in [-0.1, -0.05) is 0 Å². The summed E-state index contributed by atoms with van der Waals surface area (Å²) >= 11 is 0. The Hall–Kier alpha value is -2.24. The van der Waals surface area contributed by atoms with Gasteiger partial charge in [0.25, 0.3) is 0 Å². The molecule has 1 aromatic carbocycles. The molecule has 0 aliphatic rings. The minimum atomic E-state index is -1.18. The highest BCUT2D eigenvalue weighted by Gasteiger charge is 2.10. The quantitative estimate of drug-likeness (QED) is 0.752. The van der Waals surface area contributed by atoms with Crippen molar-refractivity contribution in [2.75, 3.05) is 19.5 Å². The number of carbonyl (C=O) groups is 2. The van der Waals surface area contributed by atoms with Crippen molar-refractivity contribution in [2.45, 2.75) is 6.42 Å². The molecule has 1 amide bonds. The molecule has 1 rings (SSSR count). The van der Waals surface area contributed by atoms with E-state index in [1.807, 2.05) is 0 Å². The summed E-state index contributed by atoms with van der Waals surface area (Å²) in [7, 11) is 2.97. The van der Waals surface area contributed by atoms with Crippen LogP contribution in [0.3, 0.4) is 0 Å². The third-order valence-corrected chi connectivity index (χ3v) is 1.98. The van der Waals surface area contributed by atoms with Crippen LogP contribution in [0, 0.1) is 0 Å². The lowest BCUT2D eigenvalue weighted by atomic mass is 10.2. The van der Waals surface area contributed by atoms with E-state index in [1.54, 1.807) is 18.2 Å². The van der Waals surface area contributed by atoms with Crippen LogP contribution in [0.25, 0.3) is 0 Å². The van der Waals surface area contributed by atoms with E-state index in [9.17, 15) is 9.59 Å². The standard InChI is InChI=1S/C11H13NO5/c1-16-8-4-3-7(5-9(8)17-2)12-10(13)6-11(14)15/h3-5H,6H2,1-2H3,(H,12,13)(H,14,15). The molecule has 0 heterocycles. The van der Waals surface area contributed by atoms with Crippen molar-refractivity contribution in [2.24, 2.45) is 0 Å². The van der Waals surface area contributed by atoms with Crippen molar-refractivity contribution < 1.29 is 24.2 Å². The molecular weight excluding hydrogens is 226 g/mol. The van der Waals surface area contributed by atoms with Gasteiger partial charge < -0.3 is 19.9 Å². The maximum atomic E-state index is 11.2. The number of rotatable bonds is 5. The lowest BCUT2D eigenvalue weighted by molar-refractivity contribution is -0.139. The Balaban J connectivity index is 2.79. The summed E-state index contributed by atoms with van der Waals surface area (Å²) in [6.45, 7) is 0. The van der Waals surface area contributed by atoms with E-state index in [2.05, 4.69) is 5.32 Å². The second-order valence-corrected chi connectivity index (χ2v) is 3.19. The zero-order valence-electron chi connectivity index (χ0n) is 9.52. The summed E-state index contributed by atoms with van der Waals surface area (Å²) in [4.78, 5) is 21.5. The van der Waals surface area contributed by atoms with Gasteiger partial charge in [-0.15, -0.1) is 0 Å². The summed E-state index contributed by atoms with van der Waals surface area (Å²) in [6.07, 6.45) is -0.575. The molecule has 0 saturated carbocycles. The molecule has 6 nitrogen and oxygen atoms in total. The van der Waals surface area contributed by atoms with E-state index >= 15 is 0 Å². The van der Waals surface area contributed by atoms with E-state index in [0.717, 1.165) is 0 Å². The van der Waals surface area contributed by atoms with Gasteiger partial charge >= 0.3 is 5.97 Å². The van der Waals surface area contributed by atoms with Crippen molar-refractivity contribution in [1.82, 2.24) is 0 Å². The molecule has 1 aromatic rings. The van der Waals surface area contributed by atoms with Gasteiger partial charge in [-0.3, -0.25) is 9.59 Å². The fourth-order valence-corrected chi connectivity index (χ4v) is 1.26. The maximum absolute atomic E-state index is 11.2. The van der Waals surface area contributed by atoms with E-state index in [4.69, 9.17) is 14.6 Å². The first kappa shape index (κ1) is 12.8. The largest absolute Gasteiger partial charge is 0.493 e. The molecule has 0 aromatic heterocycles. The Morgan fingerprint density at radius 1 is 1.24 bits per heavy atom. The highest BCUT2D eigenvalue weighted by Crippen LogP contribution is 2.29. The summed E-state index contributed by atoms with van der Waals surface area (Å²) in [6, 6.07) is 4.77. The number of ether oxygens (including phenoxy) is 2. The molecule has 0 atom stereocenters. The molecule has 92 valence electrons. The third kappa shape index (κ3) is 3.67. The van der Waals surface area contributed by atoms with Crippen molar-refractivity contribution in [3.63, 3.8) is 0 Å². The first-order valence-corrected chi connectivity index (χ1v) is 4.80. The Morgan fingerprint density at radius 3 is 2.41 bits per heavy atom. The van der Waals surface area contributed by atoms with Crippen LogP contribution >= 0.6 is 0 Å². The van der Waals surface area contributed by atoms with Crippen LogP contribution in [0.2, 0.25) is 0 Å². The number of hydrogen-bond donors (Lipinski definition) is 2. The number of carboxylic acids is 1. The van der Waals surface area contributed by atoms with Crippen molar-refractivity contribution >= 4 is 17.6 Å². The minimum Gasteiger partial charge on any atom is -0.493 e. The molecule has 0 aliphatic heterocycles. The zero-order valence-corrected chi connectivity index (χ0v) is 9.52. The number of methoxy groups -OCH3 is 2. The van der Waals surface area contributed by atoms with Gasteiger partial charge in [-0.05, 0) is 12.1 Å². The lowest BCUT2D eigenvalue weighted by Crippen LogP contribution is -2.15. The third-order valence-electron chi connectivity index (χ3n) is 1.98. The van der Waals surface area contributed by atoms with Crippen LogP contribution in [-0.4, -0.2) is 31.2 Å². The van der Waals surface area contributed by atoms with Gasteiger partial charge in [-0.2, -0.15) is 0 Å². The van der Waals surface area contributed by atoms with Gasteiger partial charge in [0.2, 0.25) is 5.91 Å². The number of anilines is 1. The average Bonchev–Trinajstić information content (AvgIpc) is 2.27. The molecule has 0 radical (unpaired) electrons. The first-order chi connectivity index (χ1) is 8.06. The summed E-state index contributed by atoms with van der Waals surface area (Å²) in [5, 5.41) is 10.9. The van der Waals surface area contributed by atoms with Crippen LogP contribution in [0.5, 0.6) is 11.5 Å². The van der Waals surface area contributed by atoms with Crippen molar-refractivity contribution in [3.8, 4) is 11.5 Å². The van der Waals surface area contributed by atoms with Gasteiger partial charge in [0.1, 0.15) is 6.42 Å². The Bertz CT molecular complexity index is 430. The molecule has 0 spiro atoms. The summed E-state index contributed by atoms with van der Waals surface area (Å²) < 4.78 is 10.1. The fraction of sp³-hybridized carbons (Fsp3) is 0.273. The zero-order chi connectivity index (χ0) is 12.8. The average molecular weight is 239 g/mol. The fourth-order valence-electron chi connectivity index (χ4n) is 1.26. The van der Waals surface area contributed by atoms with Crippen molar-refractivity contribution in [3.05, 3.63) is 18.2 Å². The minimum absolute atomic E-state index is 0.453. The summed E-state index contributed by atoms with van der Waals surface area (Å²) in [5.74, 6) is -0.781. The van der Waals surface area contributed by atoms with Gasteiger partial charge in [-0.25, -0.2) is 0 Å². The number of hydrogen-bond acceptors (Lipinski definition) is 4. The molecule has 0 bridgehead atoms. The maximum Gasteiger partial charge on any atom is 0.312 e. The Morgan fingerprint density at radius 2 is 1.88 bits per heavy atom. The smallest absolute Gasteiger partial charge is 0.312 e. The molecule has 2 N–H and O–H groups in total. The molecule has 0 fully saturated rings. The highest BCUT2D eigenvalue weighted by molar-refractivity contribution is 6.01. The number of benzene rings is 1. The Labute approximate surface area is 98.2 Å². The van der Waals surface area contributed by atoms with Crippen LogP contribution in [-0.2, 0) is 9.59 Å². The summed E-state index contributed by atoms with van der Waals surface area (Å²) in [5.41, 5.74) is 0.453. The Kier molecular flexibility index (Phi) is 4.33. The van der Waals surface area contributed by atoms with Crippen molar-refractivity contribution in [1.29, 1.82) is 0 Å². The number of nitrogens with one attached hydrogen (secondary N) is 1. The number of carbonyl (C=O) groups excluding carboxylic acids is 1. The second kappa shape index (κ2) is 5.74. The van der Waals surface area contributed by atoms with Gasteiger partial charge in [0, 0.05) is 11.8 Å². The predicted molar refractivity (Wildman–Crippen MR) is 60.4 cm³/mol. The molecule has 17 heavy (non-hydrogen) atoms. The predicted octanol–water partition coefficient (Wildman–Crippen LogP) is 1.12. The van der Waals surface area contributed by atoms with Gasteiger partial charge in [0.05, 0.1) is 14.2 Å². The van der Waals surface area contributed by atoms with Crippen LogP contribution < -0.4 is 14.8 Å². The van der Waals surface area contributed by atoms with E-state index in [1.165, 1.54) is 14.2 Å². The second-order valence-electron chi connectivity index (χ2n) is 3.19. The number of carboxylic acid groups (broad SMARTS) is 1. The topological polar surface area (TPSA) is 84.9 Å². The SMILES string of the molecule is COc1ccc(NC(=O)CC(=O)O)cc1OC. The van der Waals surface area contributed by atoms with E-state index in [-0.39, 0.29) is 0 Å². The molecular formula is C11H13NO5. The monoisotopic (exact) mass is 239 g/mol. The lowest BCUT2D eigenvalue weighted by Gasteiger charge is -2.09. The van der Waals surface area contributed by atoms with Crippen LogP contribution in [0.4, 0.5) is 5.69 Å². The molecule has 0 saturated heterocycles. The normalized spacial score (nSPS) is 9.53. The highest BCUT2D eigenvalue weighted by atomic mass is 16.5. The molecule has 0 aliphatic carbocycles. The van der Waals surface area contributed by atoms with E-state index in [0.29, 0.717) is 17.2 Å². The first-order valence-electron chi connectivity index (χ1n) is 4.80. The van der Waals surface area contributed by atoms with Crippen LogP contribution in [0.15, 0.2) is 18.2 Å². The molecule has 0 unspecified atom stereocenters.